The van der Waals surface area contributed by atoms with Crippen LogP contribution in [-0.2, 0) is 35.2 Å². The Morgan fingerprint density at radius 2 is 1.69 bits per heavy atom. The average molecular weight is 451 g/mol. The van der Waals surface area contributed by atoms with Crippen molar-refractivity contribution in [2.45, 2.75) is 71.8 Å². The maximum absolute atomic E-state index is 12.8. The third-order valence-electron chi connectivity index (χ3n) is 4.12. The van der Waals surface area contributed by atoms with Gasteiger partial charge in [-0.15, -0.1) is 0 Å². The highest BCUT2D eigenvalue weighted by Gasteiger charge is 2.31. The van der Waals surface area contributed by atoms with E-state index in [0.29, 0.717) is 19.6 Å². The lowest BCUT2D eigenvalue weighted by atomic mass is 10.1. The van der Waals surface area contributed by atoms with E-state index < -0.39 is 41.4 Å². The molecule has 1 aromatic carbocycles. The summed E-state index contributed by atoms with van der Waals surface area (Å²) in [6.45, 7) is 8.71. The first-order valence-electron chi connectivity index (χ1n) is 10.6. The van der Waals surface area contributed by atoms with Crippen molar-refractivity contribution < 1.29 is 33.4 Å². The molecule has 0 spiro atoms. The summed E-state index contributed by atoms with van der Waals surface area (Å²) in [5.74, 6) is -2.11. The van der Waals surface area contributed by atoms with Gasteiger partial charge in [0.15, 0.2) is 11.8 Å². The minimum Gasteiger partial charge on any atom is -0.464 e. The molecule has 0 aliphatic carbocycles. The lowest BCUT2D eigenvalue weighted by molar-refractivity contribution is -0.150. The number of rotatable bonds is 12. The van der Waals surface area contributed by atoms with E-state index in [-0.39, 0.29) is 13.0 Å². The molecular formula is C23H34N2O7. The molecule has 0 heterocycles. The molecule has 0 aliphatic rings. The van der Waals surface area contributed by atoms with Gasteiger partial charge in [0.1, 0.15) is 11.6 Å². The Balaban J connectivity index is 2.72. The first-order chi connectivity index (χ1) is 15.0. The zero-order valence-electron chi connectivity index (χ0n) is 19.4. The van der Waals surface area contributed by atoms with E-state index in [4.69, 9.17) is 14.2 Å². The molecule has 9 heteroatoms. The first kappa shape index (κ1) is 27.1. The van der Waals surface area contributed by atoms with Crippen molar-refractivity contribution in [2.24, 2.45) is 0 Å². The second-order valence-electron chi connectivity index (χ2n) is 8.18. The molecule has 0 fully saturated rings. The summed E-state index contributed by atoms with van der Waals surface area (Å²) < 4.78 is 15.7. The van der Waals surface area contributed by atoms with Crippen LogP contribution in [0.25, 0.3) is 0 Å². The number of carbonyl (C=O) groups is 4. The Kier molecular flexibility index (Phi) is 11.4. The minimum atomic E-state index is -1.44. The van der Waals surface area contributed by atoms with Crippen molar-refractivity contribution in [1.82, 2.24) is 10.6 Å². The van der Waals surface area contributed by atoms with Crippen molar-refractivity contribution in [3.8, 4) is 0 Å². The van der Waals surface area contributed by atoms with E-state index in [2.05, 4.69) is 10.6 Å². The second kappa shape index (κ2) is 13.5. The van der Waals surface area contributed by atoms with Gasteiger partial charge < -0.3 is 24.8 Å². The lowest BCUT2D eigenvalue weighted by Gasteiger charge is -2.24. The van der Waals surface area contributed by atoms with Crippen molar-refractivity contribution in [2.75, 3.05) is 13.2 Å². The van der Waals surface area contributed by atoms with Gasteiger partial charge in [-0.2, -0.15) is 0 Å². The summed E-state index contributed by atoms with van der Waals surface area (Å²) in [7, 11) is 0. The lowest BCUT2D eigenvalue weighted by Crippen LogP contribution is -2.54. The van der Waals surface area contributed by atoms with Gasteiger partial charge in [-0.1, -0.05) is 30.3 Å². The van der Waals surface area contributed by atoms with Crippen molar-refractivity contribution >= 4 is 23.8 Å². The average Bonchev–Trinajstić information content (AvgIpc) is 2.70. The number of amides is 2. The molecule has 1 rings (SSSR count). The number of carbonyl (C=O) groups excluding carboxylic acids is 4. The smallest absolute Gasteiger partial charge is 0.408 e. The number of Topliss-reactive ketones (excluding diaryl/α,β-unsaturated/α-hetero) is 1. The van der Waals surface area contributed by atoms with E-state index in [0.717, 1.165) is 5.56 Å². The molecule has 0 radical (unpaired) electrons. The predicted octanol–water partition coefficient (Wildman–Crippen LogP) is 2.51. The van der Waals surface area contributed by atoms with E-state index in [1.54, 1.807) is 27.7 Å². The van der Waals surface area contributed by atoms with Crippen molar-refractivity contribution in [3.63, 3.8) is 0 Å². The highest BCUT2D eigenvalue weighted by molar-refractivity contribution is 6.05. The van der Waals surface area contributed by atoms with E-state index in [9.17, 15) is 19.2 Å². The Bertz CT molecular complexity index is 759. The van der Waals surface area contributed by atoms with E-state index in [1.807, 2.05) is 30.3 Å². The number of ether oxygens (including phenoxy) is 3. The van der Waals surface area contributed by atoms with Crippen LogP contribution in [0.1, 0.15) is 53.0 Å². The maximum atomic E-state index is 12.8. The molecule has 32 heavy (non-hydrogen) atoms. The molecule has 0 saturated carbocycles. The monoisotopic (exact) mass is 450 g/mol. The zero-order chi connectivity index (χ0) is 24.1. The van der Waals surface area contributed by atoms with Crippen LogP contribution in [0.5, 0.6) is 0 Å². The van der Waals surface area contributed by atoms with Gasteiger partial charge >= 0.3 is 12.1 Å². The summed E-state index contributed by atoms with van der Waals surface area (Å²) >= 11 is 0. The van der Waals surface area contributed by atoms with Crippen molar-refractivity contribution in [1.29, 1.82) is 0 Å². The van der Waals surface area contributed by atoms with Crippen LogP contribution >= 0.6 is 0 Å². The number of hydrogen-bond donors (Lipinski definition) is 2. The topological polar surface area (TPSA) is 120 Å². The number of hydrogen-bond acceptors (Lipinski definition) is 7. The summed E-state index contributed by atoms with van der Waals surface area (Å²) in [4.78, 5) is 48.8. The van der Waals surface area contributed by atoms with Gasteiger partial charge in [0.05, 0.1) is 13.2 Å². The Labute approximate surface area is 189 Å². The van der Waals surface area contributed by atoms with Gasteiger partial charge in [0.25, 0.3) is 0 Å². The van der Waals surface area contributed by atoms with Gasteiger partial charge in [-0.05, 0) is 53.0 Å². The standard InChI is InChI=1S/C23H34N2O7/c1-6-31-21(28)19(16(2)26)25-20(27)18(24-22(29)32-23(3,4)5)13-10-14-30-15-17-11-8-7-9-12-17/h7-9,11-12,18-19H,6,10,13-15H2,1-5H3,(H,24,29)(H,25,27)/t18-,19?/m0/s1. The van der Waals surface area contributed by atoms with Gasteiger partial charge in [0, 0.05) is 6.61 Å². The molecule has 9 nitrogen and oxygen atoms in total. The zero-order valence-corrected chi connectivity index (χ0v) is 19.4. The van der Waals surface area contributed by atoms with Crippen LogP contribution in [0.15, 0.2) is 30.3 Å². The quantitative estimate of drug-likeness (QED) is 0.285. The number of benzene rings is 1. The molecular weight excluding hydrogens is 416 g/mol. The highest BCUT2D eigenvalue weighted by Crippen LogP contribution is 2.09. The Hall–Kier alpha value is -2.94. The molecule has 0 bridgehead atoms. The van der Waals surface area contributed by atoms with E-state index >= 15 is 0 Å². The number of esters is 1. The molecule has 1 unspecified atom stereocenters. The third kappa shape index (κ3) is 10.9. The van der Waals surface area contributed by atoms with E-state index in [1.165, 1.54) is 6.92 Å². The Morgan fingerprint density at radius 3 is 2.25 bits per heavy atom. The molecule has 1 aromatic rings. The summed E-state index contributed by atoms with van der Waals surface area (Å²) in [5, 5.41) is 4.87. The molecule has 2 atom stereocenters. The number of nitrogens with one attached hydrogen (secondary N) is 2. The van der Waals surface area contributed by atoms with Crippen LogP contribution in [0.2, 0.25) is 0 Å². The largest absolute Gasteiger partial charge is 0.464 e. The predicted molar refractivity (Wildman–Crippen MR) is 118 cm³/mol. The number of ketones is 1. The Morgan fingerprint density at radius 1 is 1.03 bits per heavy atom. The van der Waals surface area contributed by atoms with Gasteiger partial charge in [0.2, 0.25) is 5.91 Å². The van der Waals surface area contributed by atoms with Crippen LogP contribution in [0.3, 0.4) is 0 Å². The molecule has 2 N–H and O–H groups in total. The first-order valence-corrected chi connectivity index (χ1v) is 10.6. The van der Waals surface area contributed by atoms with Crippen LogP contribution in [0, 0.1) is 0 Å². The summed E-state index contributed by atoms with van der Waals surface area (Å²) in [5.41, 5.74) is 0.268. The molecule has 2 amide bonds. The second-order valence-corrected chi connectivity index (χ2v) is 8.18. The molecule has 0 aromatic heterocycles. The van der Waals surface area contributed by atoms with Crippen molar-refractivity contribution in [3.05, 3.63) is 35.9 Å². The van der Waals surface area contributed by atoms with Crippen LogP contribution < -0.4 is 10.6 Å². The van der Waals surface area contributed by atoms with Gasteiger partial charge in [-0.25, -0.2) is 9.59 Å². The van der Waals surface area contributed by atoms with Crippen LogP contribution in [0.4, 0.5) is 4.79 Å². The van der Waals surface area contributed by atoms with Crippen LogP contribution in [-0.4, -0.2) is 54.7 Å². The minimum absolute atomic E-state index is 0.0663. The normalized spacial score (nSPS) is 12.9. The molecule has 0 aliphatic heterocycles. The maximum Gasteiger partial charge on any atom is 0.408 e. The SMILES string of the molecule is CCOC(=O)C(NC(=O)[C@H](CCCOCc1ccccc1)NC(=O)OC(C)(C)C)C(C)=O. The highest BCUT2D eigenvalue weighted by atomic mass is 16.6. The summed E-state index contributed by atoms with van der Waals surface area (Å²) in [6, 6.07) is 7.16. The third-order valence-corrected chi connectivity index (χ3v) is 4.12. The fourth-order valence-corrected chi connectivity index (χ4v) is 2.67. The fraction of sp³-hybridized carbons (Fsp3) is 0.565. The fourth-order valence-electron chi connectivity index (χ4n) is 2.67. The van der Waals surface area contributed by atoms with Gasteiger partial charge in [-0.3, -0.25) is 9.59 Å². The summed E-state index contributed by atoms with van der Waals surface area (Å²) in [6.07, 6.45) is -0.114. The molecule has 178 valence electrons. The molecule has 0 saturated heterocycles. The number of alkyl carbamates (subject to hydrolysis) is 1.